The van der Waals surface area contributed by atoms with Gasteiger partial charge >= 0.3 is 0 Å². The third kappa shape index (κ3) is 5.47. The summed E-state index contributed by atoms with van der Waals surface area (Å²) in [4.78, 5) is 10.1. The van der Waals surface area contributed by atoms with Gasteiger partial charge in [0.1, 0.15) is 5.01 Å². The van der Waals surface area contributed by atoms with Gasteiger partial charge in [-0.25, -0.2) is 4.98 Å². The van der Waals surface area contributed by atoms with E-state index in [2.05, 4.69) is 46.2 Å². The van der Waals surface area contributed by atoms with Crippen molar-refractivity contribution < 1.29 is 0 Å². The third-order valence-electron chi connectivity index (χ3n) is 3.95. The highest BCUT2D eigenvalue weighted by Crippen LogP contribution is 2.28. The van der Waals surface area contributed by atoms with E-state index in [1.807, 2.05) is 13.2 Å². The van der Waals surface area contributed by atoms with Crippen LogP contribution in [0, 0.1) is 0 Å². The van der Waals surface area contributed by atoms with Gasteiger partial charge < -0.3 is 10.6 Å². The first-order valence-corrected chi connectivity index (χ1v) is 10.1. The van der Waals surface area contributed by atoms with Crippen LogP contribution in [0.1, 0.15) is 49.4 Å². The Morgan fingerprint density at radius 3 is 3.00 bits per heavy atom. The fraction of sp³-hybridized carbons (Fsp3) is 0.750. The van der Waals surface area contributed by atoms with Crippen LogP contribution < -0.4 is 10.6 Å². The highest BCUT2D eigenvalue weighted by molar-refractivity contribution is 7.99. The van der Waals surface area contributed by atoms with E-state index in [9.17, 15) is 0 Å². The van der Waals surface area contributed by atoms with Crippen LogP contribution in [0.2, 0.25) is 0 Å². The van der Waals surface area contributed by atoms with E-state index in [-0.39, 0.29) is 0 Å². The zero-order valence-corrected chi connectivity index (χ0v) is 15.5. The molecule has 0 bridgehead atoms. The van der Waals surface area contributed by atoms with Crippen molar-refractivity contribution in [2.24, 2.45) is 4.99 Å². The second-order valence-electron chi connectivity index (χ2n) is 5.58. The molecule has 1 aliphatic carbocycles. The number of thiazole rings is 1. The van der Waals surface area contributed by atoms with Crippen LogP contribution in [0.15, 0.2) is 11.2 Å². The third-order valence-corrected chi connectivity index (χ3v) is 6.32. The van der Waals surface area contributed by atoms with Crippen LogP contribution in [-0.2, 0) is 13.0 Å². The summed E-state index contributed by atoms with van der Waals surface area (Å²) >= 11 is 3.88. The van der Waals surface area contributed by atoms with E-state index in [0.717, 1.165) is 29.2 Å². The summed E-state index contributed by atoms with van der Waals surface area (Å²) in [6, 6.07) is 0.548. The molecule has 2 atom stereocenters. The van der Waals surface area contributed by atoms with E-state index in [1.165, 1.54) is 36.3 Å². The van der Waals surface area contributed by atoms with E-state index in [1.54, 1.807) is 11.3 Å². The van der Waals surface area contributed by atoms with Crippen molar-refractivity contribution in [2.75, 3.05) is 12.8 Å². The van der Waals surface area contributed by atoms with Crippen LogP contribution in [0.25, 0.3) is 0 Å². The minimum atomic E-state index is 0.548. The number of aliphatic imine (C=N–C) groups is 1. The molecule has 2 N–H and O–H groups in total. The lowest BCUT2D eigenvalue weighted by Crippen LogP contribution is -2.45. The quantitative estimate of drug-likeness (QED) is 0.615. The van der Waals surface area contributed by atoms with Crippen molar-refractivity contribution in [3.8, 4) is 0 Å². The summed E-state index contributed by atoms with van der Waals surface area (Å²) in [5, 5.41) is 8.92. The van der Waals surface area contributed by atoms with Crippen molar-refractivity contribution in [3.63, 3.8) is 0 Å². The summed E-state index contributed by atoms with van der Waals surface area (Å²) in [5.74, 6) is 2.12. The fourth-order valence-electron chi connectivity index (χ4n) is 2.80. The van der Waals surface area contributed by atoms with Crippen molar-refractivity contribution in [3.05, 3.63) is 16.1 Å². The number of aryl methyl sites for hydroxylation is 1. The Kier molecular flexibility index (Phi) is 7.52. The smallest absolute Gasteiger partial charge is 0.191 e. The maximum absolute atomic E-state index is 4.45. The number of thioether (sulfide) groups is 1. The van der Waals surface area contributed by atoms with Crippen LogP contribution in [0.5, 0.6) is 0 Å². The highest BCUT2D eigenvalue weighted by Gasteiger charge is 2.22. The molecule has 0 amide bonds. The molecule has 2 rings (SSSR count). The van der Waals surface area contributed by atoms with E-state index >= 15 is 0 Å². The molecule has 1 aliphatic rings. The SMILES string of the molecule is CCSC1CCCC(NC(=NC)NCc2ncc(CC)s2)C1. The molecule has 1 aromatic rings. The lowest BCUT2D eigenvalue weighted by atomic mass is 9.95. The average Bonchev–Trinajstić information content (AvgIpc) is 3.00. The van der Waals surface area contributed by atoms with Gasteiger partial charge in [-0.1, -0.05) is 20.3 Å². The largest absolute Gasteiger partial charge is 0.354 e. The second-order valence-corrected chi connectivity index (χ2v) is 8.36. The molecule has 2 unspecified atom stereocenters. The fourth-order valence-corrected chi connectivity index (χ4v) is 4.78. The Bertz CT molecular complexity index is 470. The normalized spacial score (nSPS) is 22.6. The molecular weight excluding hydrogens is 312 g/mol. The molecule has 0 aliphatic heterocycles. The van der Waals surface area contributed by atoms with E-state index in [4.69, 9.17) is 0 Å². The molecular formula is C16H28N4S2. The zero-order chi connectivity index (χ0) is 15.8. The maximum Gasteiger partial charge on any atom is 0.191 e. The van der Waals surface area contributed by atoms with Crippen LogP contribution >= 0.6 is 23.1 Å². The van der Waals surface area contributed by atoms with E-state index < -0.39 is 0 Å². The lowest BCUT2D eigenvalue weighted by Gasteiger charge is -2.30. The molecule has 1 saturated carbocycles. The number of nitrogens with one attached hydrogen (secondary N) is 2. The summed E-state index contributed by atoms with van der Waals surface area (Å²) in [6.45, 7) is 5.17. The Hall–Kier alpha value is -0.750. The van der Waals surface area contributed by atoms with Gasteiger partial charge in [0.2, 0.25) is 0 Å². The number of guanidine groups is 1. The Labute approximate surface area is 142 Å². The van der Waals surface area contributed by atoms with Gasteiger partial charge in [-0.05, 0) is 31.4 Å². The first-order valence-electron chi connectivity index (χ1n) is 8.27. The number of rotatable bonds is 6. The van der Waals surface area contributed by atoms with Gasteiger partial charge in [-0.3, -0.25) is 4.99 Å². The summed E-state index contributed by atoms with van der Waals surface area (Å²) in [7, 11) is 1.84. The molecule has 124 valence electrons. The molecule has 1 aromatic heterocycles. The van der Waals surface area contributed by atoms with Gasteiger partial charge in [0.15, 0.2) is 5.96 Å². The molecule has 4 nitrogen and oxygen atoms in total. The van der Waals surface area contributed by atoms with Crippen LogP contribution in [-0.4, -0.2) is 35.0 Å². The number of hydrogen-bond donors (Lipinski definition) is 2. The Morgan fingerprint density at radius 2 is 2.32 bits per heavy atom. The van der Waals surface area contributed by atoms with Gasteiger partial charge in [0.25, 0.3) is 0 Å². The Morgan fingerprint density at radius 1 is 1.45 bits per heavy atom. The maximum atomic E-state index is 4.45. The van der Waals surface area contributed by atoms with Crippen molar-refractivity contribution >= 4 is 29.1 Å². The van der Waals surface area contributed by atoms with Crippen LogP contribution in [0.4, 0.5) is 0 Å². The van der Waals surface area contributed by atoms with Gasteiger partial charge in [0, 0.05) is 29.4 Å². The second kappa shape index (κ2) is 9.40. The standard InChI is InChI=1S/C16H28N4S2/c1-4-13-10-18-15(22-13)11-19-16(17-3)20-12-7-6-8-14(9-12)21-5-2/h10,12,14H,4-9,11H2,1-3H3,(H2,17,19,20). The molecule has 1 heterocycles. The van der Waals surface area contributed by atoms with Crippen molar-refractivity contribution in [1.29, 1.82) is 0 Å². The highest BCUT2D eigenvalue weighted by atomic mass is 32.2. The molecule has 1 fully saturated rings. The summed E-state index contributed by atoms with van der Waals surface area (Å²) < 4.78 is 0. The van der Waals surface area contributed by atoms with Gasteiger partial charge in [-0.2, -0.15) is 11.8 Å². The average molecular weight is 341 g/mol. The van der Waals surface area contributed by atoms with Gasteiger partial charge in [-0.15, -0.1) is 11.3 Å². The van der Waals surface area contributed by atoms with Crippen molar-refractivity contribution in [2.45, 2.75) is 63.8 Å². The molecule has 22 heavy (non-hydrogen) atoms. The van der Waals surface area contributed by atoms with Crippen LogP contribution in [0.3, 0.4) is 0 Å². The predicted octanol–water partition coefficient (Wildman–Crippen LogP) is 3.43. The number of nitrogens with zero attached hydrogens (tertiary/aromatic N) is 2. The molecule has 6 heteroatoms. The number of hydrogen-bond acceptors (Lipinski definition) is 4. The minimum Gasteiger partial charge on any atom is -0.354 e. The first kappa shape index (κ1) is 17.6. The topological polar surface area (TPSA) is 49.3 Å². The summed E-state index contributed by atoms with van der Waals surface area (Å²) in [5.41, 5.74) is 0. The number of aromatic nitrogens is 1. The molecule has 0 saturated heterocycles. The Balaban J connectivity index is 1.79. The monoisotopic (exact) mass is 340 g/mol. The zero-order valence-electron chi connectivity index (χ0n) is 13.9. The first-order chi connectivity index (χ1) is 10.7. The predicted molar refractivity (Wildman–Crippen MR) is 99.0 cm³/mol. The molecule has 0 aromatic carbocycles. The molecule has 0 radical (unpaired) electrons. The molecule has 0 spiro atoms. The van der Waals surface area contributed by atoms with Crippen molar-refractivity contribution in [1.82, 2.24) is 15.6 Å². The van der Waals surface area contributed by atoms with E-state index in [0.29, 0.717) is 6.04 Å². The lowest BCUT2D eigenvalue weighted by molar-refractivity contribution is 0.419. The summed E-state index contributed by atoms with van der Waals surface area (Å²) in [6.07, 6.45) is 8.21. The minimum absolute atomic E-state index is 0.548. The van der Waals surface area contributed by atoms with Gasteiger partial charge in [0.05, 0.1) is 6.54 Å².